The van der Waals surface area contributed by atoms with E-state index in [0.717, 1.165) is 19.3 Å². The first kappa shape index (κ1) is 14.6. The molecule has 2 saturated carbocycles. The molecule has 3 rings (SSSR count). The van der Waals surface area contributed by atoms with Crippen molar-refractivity contribution >= 4 is 11.9 Å². The summed E-state index contributed by atoms with van der Waals surface area (Å²) in [7, 11) is 0. The summed E-state index contributed by atoms with van der Waals surface area (Å²) in [5.74, 6) is -0.502. The lowest BCUT2D eigenvalue weighted by molar-refractivity contribution is -0.148. The molecule has 1 amide bonds. The second-order valence-corrected chi connectivity index (χ2v) is 7.22. The zero-order chi connectivity index (χ0) is 15.1. The van der Waals surface area contributed by atoms with Crippen LogP contribution in [0.5, 0.6) is 0 Å². The van der Waals surface area contributed by atoms with Gasteiger partial charge in [-0.25, -0.2) is 0 Å². The minimum Gasteiger partial charge on any atom is -0.481 e. The maximum atomic E-state index is 12.7. The van der Waals surface area contributed by atoms with Gasteiger partial charge in [-0.3, -0.25) is 9.59 Å². The Morgan fingerprint density at radius 1 is 1.10 bits per heavy atom. The van der Waals surface area contributed by atoms with Gasteiger partial charge >= 0.3 is 5.97 Å². The Balaban J connectivity index is 1.70. The van der Waals surface area contributed by atoms with Gasteiger partial charge in [0.15, 0.2) is 0 Å². The number of carboxylic acid groups (broad SMARTS) is 1. The number of hydrogen-bond donors (Lipinski definition) is 2. The van der Waals surface area contributed by atoms with Crippen molar-refractivity contribution in [2.45, 2.75) is 45.6 Å². The first-order valence-corrected chi connectivity index (χ1v) is 8.20. The van der Waals surface area contributed by atoms with Crippen LogP contribution in [0.4, 0.5) is 0 Å². The summed E-state index contributed by atoms with van der Waals surface area (Å²) in [6.45, 7) is 4.44. The van der Waals surface area contributed by atoms with E-state index in [0.29, 0.717) is 11.8 Å². The van der Waals surface area contributed by atoms with E-state index < -0.39 is 11.9 Å². The van der Waals surface area contributed by atoms with E-state index in [1.165, 1.54) is 6.42 Å². The van der Waals surface area contributed by atoms with Crippen LogP contribution in [0.2, 0.25) is 0 Å². The number of rotatable bonds is 3. The van der Waals surface area contributed by atoms with Crippen LogP contribution in [0.25, 0.3) is 0 Å². The number of hydrogen-bond acceptors (Lipinski definition) is 2. The Kier molecular flexibility index (Phi) is 3.80. The number of aliphatic carboxylic acids is 1. The summed E-state index contributed by atoms with van der Waals surface area (Å²) in [6, 6.07) is 0.207. The molecule has 21 heavy (non-hydrogen) atoms. The molecule has 2 fully saturated rings. The zero-order valence-electron chi connectivity index (χ0n) is 12.8. The average molecular weight is 291 g/mol. The first-order valence-electron chi connectivity index (χ1n) is 8.20. The molecule has 2 bridgehead atoms. The van der Waals surface area contributed by atoms with Gasteiger partial charge in [0.25, 0.3) is 0 Å². The fourth-order valence-corrected chi connectivity index (χ4v) is 4.58. The van der Waals surface area contributed by atoms with E-state index >= 15 is 0 Å². The first-order chi connectivity index (χ1) is 9.99. The van der Waals surface area contributed by atoms with Crippen molar-refractivity contribution in [3.63, 3.8) is 0 Å². The van der Waals surface area contributed by atoms with Gasteiger partial charge in [-0.2, -0.15) is 0 Å². The average Bonchev–Trinajstić information content (AvgIpc) is 3.04. The Morgan fingerprint density at radius 3 is 2.43 bits per heavy atom. The van der Waals surface area contributed by atoms with Crippen molar-refractivity contribution < 1.29 is 14.7 Å². The van der Waals surface area contributed by atoms with Crippen molar-refractivity contribution in [3.8, 4) is 0 Å². The number of carbonyl (C=O) groups excluding carboxylic acids is 1. The van der Waals surface area contributed by atoms with Crippen molar-refractivity contribution in [1.82, 2.24) is 5.32 Å². The second-order valence-electron chi connectivity index (χ2n) is 7.22. The summed E-state index contributed by atoms with van der Waals surface area (Å²) in [5.41, 5.74) is 0. The highest BCUT2D eigenvalue weighted by Gasteiger charge is 2.52. The normalized spacial score (nSPS) is 44.8. The highest BCUT2D eigenvalue weighted by Crippen LogP contribution is 2.48. The molecule has 0 spiro atoms. The summed E-state index contributed by atoms with van der Waals surface area (Å²) in [6.07, 6.45) is 8.24. The van der Waals surface area contributed by atoms with Crippen LogP contribution in [0.1, 0.15) is 39.5 Å². The number of allylic oxidation sites excluding steroid dienone is 2. The van der Waals surface area contributed by atoms with Crippen LogP contribution in [0.3, 0.4) is 0 Å². The molecule has 3 aliphatic carbocycles. The van der Waals surface area contributed by atoms with Crippen molar-refractivity contribution in [1.29, 1.82) is 0 Å². The molecule has 0 aromatic rings. The SMILES string of the molecule is C[C@@H]1[C@H](C)CCC[C@@H]1NC(=O)[C@H]1[C@@H](C(=O)O)[C@H]2C=C[C@@H]1C2. The molecule has 3 aliphatic rings. The summed E-state index contributed by atoms with van der Waals surface area (Å²) < 4.78 is 0. The predicted octanol–water partition coefficient (Wildman–Crippen LogP) is 2.45. The van der Waals surface area contributed by atoms with Crippen LogP contribution in [-0.4, -0.2) is 23.0 Å². The maximum absolute atomic E-state index is 12.7. The highest BCUT2D eigenvalue weighted by atomic mass is 16.4. The molecule has 0 unspecified atom stereocenters. The van der Waals surface area contributed by atoms with Crippen LogP contribution in [-0.2, 0) is 9.59 Å². The minimum absolute atomic E-state index is 0.0369. The molecule has 4 heteroatoms. The molecule has 0 saturated heterocycles. The smallest absolute Gasteiger partial charge is 0.307 e. The third-order valence-corrected chi connectivity index (χ3v) is 6.08. The monoisotopic (exact) mass is 291 g/mol. The van der Waals surface area contributed by atoms with E-state index in [9.17, 15) is 14.7 Å². The molecular formula is C17H25NO3. The Labute approximate surface area is 126 Å². The van der Waals surface area contributed by atoms with Gasteiger partial charge in [-0.15, -0.1) is 0 Å². The summed E-state index contributed by atoms with van der Waals surface area (Å²) >= 11 is 0. The topological polar surface area (TPSA) is 66.4 Å². The Bertz CT molecular complexity index is 473. The van der Waals surface area contributed by atoms with Crippen molar-refractivity contribution in [2.75, 3.05) is 0 Å². The molecule has 7 atom stereocenters. The van der Waals surface area contributed by atoms with Crippen LogP contribution >= 0.6 is 0 Å². The van der Waals surface area contributed by atoms with Crippen LogP contribution < -0.4 is 5.32 Å². The molecule has 4 nitrogen and oxygen atoms in total. The van der Waals surface area contributed by atoms with Crippen LogP contribution in [0, 0.1) is 35.5 Å². The molecule has 0 aromatic carbocycles. The van der Waals surface area contributed by atoms with E-state index in [1.54, 1.807) is 0 Å². The molecular weight excluding hydrogens is 266 g/mol. The van der Waals surface area contributed by atoms with E-state index in [1.807, 2.05) is 12.2 Å². The standard InChI is InChI=1S/C17H25NO3/c1-9-4-3-5-13(10(9)2)18-16(19)14-11-6-7-12(8-11)15(14)17(20)21/h6-7,9-15H,3-5,8H2,1-2H3,(H,18,19)(H,20,21)/t9-,10-,11-,12+,13+,14-,15+/m1/s1. The fourth-order valence-electron chi connectivity index (χ4n) is 4.58. The number of amides is 1. The van der Waals surface area contributed by atoms with Gasteiger partial charge in [-0.1, -0.05) is 38.8 Å². The van der Waals surface area contributed by atoms with E-state index in [-0.39, 0.29) is 29.7 Å². The number of nitrogens with one attached hydrogen (secondary N) is 1. The molecule has 0 radical (unpaired) electrons. The third kappa shape index (κ3) is 2.49. The Morgan fingerprint density at radius 2 is 1.76 bits per heavy atom. The van der Waals surface area contributed by atoms with Gasteiger partial charge in [-0.05, 0) is 36.5 Å². The lowest BCUT2D eigenvalue weighted by atomic mass is 9.77. The van der Waals surface area contributed by atoms with Gasteiger partial charge in [0.1, 0.15) is 0 Å². The maximum Gasteiger partial charge on any atom is 0.307 e. The summed E-state index contributed by atoms with van der Waals surface area (Å²) in [4.78, 5) is 24.2. The molecule has 0 aromatic heterocycles. The zero-order valence-corrected chi connectivity index (χ0v) is 12.8. The number of fused-ring (bicyclic) bond motifs is 2. The molecule has 116 valence electrons. The van der Waals surface area contributed by atoms with Crippen LogP contribution in [0.15, 0.2) is 12.2 Å². The van der Waals surface area contributed by atoms with Crippen molar-refractivity contribution in [2.24, 2.45) is 35.5 Å². The van der Waals surface area contributed by atoms with E-state index in [2.05, 4.69) is 19.2 Å². The van der Waals surface area contributed by atoms with Gasteiger partial charge in [0.2, 0.25) is 5.91 Å². The molecule has 0 heterocycles. The van der Waals surface area contributed by atoms with Gasteiger partial charge in [0, 0.05) is 6.04 Å². The number of carbonyl (C=O) groups is 2. The molecule has 2 N–H and O–H groups in total. The second kappa shape index (κ2) is 5.47. The largest absolute Gasteiger partial charge is 0.481 e. The fraction of sp³-hybridized carbons (Fsp3) is 0.765. The van der Waals surface area contributed by atoms with E-state index in [4.69, 9.17) is 0 Å². The molecule has 0 aliphatic heterocycles. The lowest BCUT2D eigenvalue weighted by Gasteiger charge is -2.36. The minimum atomic E-state index is -0.822. The van der Waals surface area contributed by atoms with Gasteiger partial charge in [0.05, 0.1) is 11.8 Å². The van der Waals surface area contributed by atoms with Crippen molar-refractivity contribution in [3.05, 3.63) is 12.2 Å². The lowest BCUT2D eigenvalue weighted by Crippen LogP contribution is -2.48. The number of carboxylic acids is 1. The Hall–Kier alpha value is -1.32. The summed E-state index contributed by atoms with van der Waals surface area (Å²) in [5, 5.41) is 12.6. The quantitative estimate of drug-likeness (QED) is 0.785. The highest BCUT2D eigenvalue weighted by molar-refractivity contribution is 5.87. The predicted molar refractivity (Wildman–Crippen MR) is 79.5 cm³/mol. The van der Waals surface area contributed by atoms with Gasteiger partial charge < -0.3 is 10.4 Å². The third-order valence-electron chi connectivity index (χ3n) is 6.08.